The molecule has 1 unspecified atom stereocenters. The van der Waals surface area contributed by atoms with Crippen LogP contribution < -0.4 is 5.32 Å². The summed E-state index contributed by atoms with van der Waals surface area (Å²) in [5, 5.41) is 17.0. The second-order valence-corrected chi connectivity index (χ2v) is 4.72. The van der Waals surface area contributed by atoms with E-state index in [9.17, 15) is 5.11 Å². The van der Waals surface area contributed by atoms with Crippen molar-refractivity contribution in [1.29, 1.82) is 0 Å². The summed E-state index contributed by atoms with van der Waals surface area (Å²) in [4.78, 5) is 5.08. The number of rotatable bonds is 7. The van der Waals surface area contributed by atoms with E-state index in [0.29, 0.717) is 24.2 Å². The fourth-order valence-electron chi connectivity index (χ4n) is 1.26. The van der Waals surface area contributed by atoms with Crippen LogP contribution in [0, 0.1) is 0 Å². The van der Waals surface area contributed by atoms with Gasteiger partial charge in [0.2, 0.25) is 0 Å². The summed E-state index contributed by atoms with van der Waals surface area (Å²) in [6.07, 6.45) is 0.728. The zero-order chi connectivity index (χ0) is 13.4. The molecule has 4 nitrogen and oxygen atoms in total. The van der Waals surface area contributed by atoms with Crippen molar-refractivity contribution in [3.8, 4) is 0 Å². The van der Waals surface area contributed by atoms with Crippen LogP contribution in [-0.4, -0.2) is 30.0 Å². The molecule has 0 saturated carbocycles. The monoisotopic (exact) mass is 270 g/mol. The van der Waals surface area contributed by atoms with Crippen molar-refractivity contribution in [1.82, 2.24) is 5.32 Å². The Balaban J connectivity index is 2.24. The predicted octanol–water partition coefficient (Wildman–Crippen LogP) is 2.20. The molecule has 1 atom stereocenters. The number of hydrogen-bond acceptors (Lipinski definition) is 4. The van der Waals surface area contributed by atoms with Crippen molar-refractivity contribution in [2.24, 2.45) is 5.16 Å². The maximum absolute atomic E-state index is 9.53. The highest BCUT2D eigenvalue weighted by atomic mass is 35.5. The molecule has 0 amide bonds. The van der Waals surface area contributed by atoms with Crippen molar-refractivity contribution in [2.75, 3.05) is 6.54 Å². The Morgan fingerprint density at radius 3 is 2.94 bits per heavy atom. The molecule has 0 aliphatic carbocycles. The maximum atomic E-state index is 9.53. The Morgan fingerprint density at radius 1 is 1.50 bits per heavy atom. The quantitative estimate of drug-likeness (QED) is 0.590. The van der Waals surface area contributed by atoms with Crippen LogP contribution in [0.3, 0.4) is 0 Å². The molecule has 0 aromatic heterocycles. The Hall–Kier alpha value is -1.10. The van der Waals surface area contributed by atoms with E-state index in [1.54, 1.807) is 6.07 Å². The van der Waals surface area contributed by atoms with E-state index in [-0.39, 0.29) is 0 Å². The predicted molar refractivity (Wildman–Crippen MR) is 73.9 cm³/mol. The van der Waals surface area contributed by atoms with Crippen LogP contribution in [0.4, 0.5) is 0 Å². The molecule has 18 heavy (non-hydrogen) atoms. The molecule has 1 aromatic carbocycles. The van der Waals surface area contributed by atoms with Gasteiger partial charge in [-0.2, -0.15) is 0 Å². The van der Waals surface area contributed by atoms with Gasteiger partial charge in [0.1, 0.15) is 12.7 Å². The van der Waals surface area contributed by atoms with Gasteiger partial charge in [0.15, 0.2) is 0 Å². The third kappa shape index (κ3) is 6.59. The van der Waals surface area contributed by atoms with Gasteiger partial charge in [-0.15, -0.1) is 0 Å². The minimum Gasteiger partial charge on any atom is -0.391 e. The van der Waals surface area contributed by atoms with Gasteiger partial charge in [-0.05, 0) is 17.7 Å². The first-order valence-electron chi connectivity index (χ1n) is 5.89. The number of oxime groups is 1. The lowest BCUT2D eigenvalue weighted by Crippen LogP contribution is -2.32. The molecule has 0 saturated heterocycles. The number of benzene rings is 1. The topological polar surface area (TPSA) is 53.8 Å². The average Bonchev–Trinajstić information content (AvgIpc) is 2.32. The van der Waals surface area contributed by atoms with E-state index in [1.807, 2.05) is 32.0 Å². The Labute approximate surface area is 113 Å². The molecule has 1 aromatic rings. The molecular weight excluding hydrogens is 252 g/mol. The minimum absolute atomic E-state index is 0.334. The molecular formula is C13H19ClN2O2. The van der Waals surface area contributed by atoms with Gasteiger partial charge in [-0.25, -0.2) is 0 Å². The maximum Gasteiger partial charge on any atom is 0.142 e. The molecule has 0 heterocycles. The highest BCUT2D eigenvalue weighted by molar-refractivity contribution is 6.30. The lowest BCUT2D eigenvalue weighted by Gasteiger charge is -2.09. The van der Waals surface area contributed by atoms with E-state index in [0.717, 1.165) is 5.56 Å². The lowest BCUT2D eigenvalue weighted by atomic mass is 10.2. The minimum atomic E-state index is -0.647. The molecule has 2 N–H and O–H groups in total. The summed E-state index contributed by atoms with van der Waals surface area (Å²) in [6, 6.07) is 7.70. The zero-order valence-electron chi connectivity index (χ0n) is 10.6. The van der Waals surface area contributed by atoms with E-state index >= 15 is 0 Å². The molecule has 0 aliphatic rings. The van der Waals surface area contributed by atoms with Crippen molar-refractivity contribution < 1.29 is 9.94 Å². The van der Waals surface area contributed by atoms with Crippen molar-refractivity contribution >= 4 is 17.8 Å². The van der Waals surface area contributed by atoms with Crippen LogP contribution in [0.1, 0.15) is 19.4 Å². The number of aliphatic hydroxyl groups excluding tert-OH is 1. The van der Waals surface area contributed by atoms with Gasteiger partial charge < -0.3 is 15.3 Å². The van der Waals surface area contributed by atoms with E-state index in [1.165, 1.54) is 6.21 Å². The normalized spacial score (nSPS) is 13.2. The number of aliphatic hydroxyl groups is 1. The van der Waals surface area contributed by atoms with E-state index in [4.69, 9.17) is 16.4 Å². The number of nitrogens with zero attached hydrogens (tertiary/aromatic N) is 1. The van der Waals surface area contributed by atoms with Crippen LogP contribution >= 0.6 is 11.6 Å². The summed E-state index contributed by atoms with van der Waals surface area (Å²) in [6.45, 7) is 4.82. The third-order valence-corrected chi connectivity index (χ3v) is 2.40. The lowest BCUT2D eigenvalue weighted by molar-refractivity contribution is 0.127. The number of hydrogen-bond donors (Lipinski definition) is 2. The van der Waals surface area contributed by atoms with Gasteiger partial charge in [-0.3, -0.25) is 0 Å². The van der Waals surface area contributed by atoms with Crippen LogP contribution in [-0.2, 0) is 11.4 Å². The first-order valence-corrected chi connectivity index (χ1v) is 6.27. The zero-order valence-corrected chi connectivity index (χ0v) is 11.4. The molecule has 0 radical (unpaired) electrons. The van der Waals surface area contributed by atoms with Gasteiger partial charge in [0.05, 0.1) is 6.21 Å². The summed E-state index contributed by atoms with van der Waals surface area (Å²) < 4.78 is 0. The van der Waals surface area contributed by atoms with Crippen LogP contribution in [0.25, 0.3) is 0 Å². The molecule has 5 heteroatoms. The Kier molecular flexibility index (Phi) is 6.72. The largest absolute Gasteiger partial charge is 0.391 e. The molecule has 100 valence electrons. The standard InChI is InChI=1S/C13H19ClN2O2/c1-10(2)15-7-13(17)8-16-18-9-11-4-3-5-12(14)6-11/h3-6,8,10,13,15,17H,7,9H2,1-2H3/b16-8+. The second-order valence-electron chi connectivity index (χ2n) is 4.29. The first kappa shape index (κ1) is 15.0. The summed E-state index contributed by atoms with van der Waals surface area (Å²) in [5.41, 5.74) is 0.939. The fourth-order valence-corrected chi connectivity index (χ4v) is 1.47. The molecule has 0 bridgehead atoms. The van der Waals surface area contributed by atoms with E-state index in [2.05, 4.69) is 10.5 Å². The van der Waals surface area contributed by atoms with Crippen LogP contribution in [0.5, 0.6) is 0 Å². The van der Waals surface area contributed by atoms with Gasteiger partial charge in [-0.1, -0.05) is 42.7 Å². The van der Waals surface area contributed by atoms with Crippen molar-refractivity contribution in [3.05, 3.63) is 34.9 Å². The summed E-state index contributed by atoms with van der Waals surface area (Å²) >= 11 is 5.84. The second kappa shape index (κ2) is 8.08. The van der Waals surface area contributed by atoms with Gasteiger partial charge in [0.25, 0.3) is 0 Å². The smallest absolute Gasteiger partial charge is 0.142 e. The summed E-state index contributed by atoms with van der Waals surface area (Å²) in [5.74, 6) is 0. The third-order valence-electron chi connectivity index (χ3n) is 2.16. The number of halogens is 1. The Morgan fingerprint density at radius 2 is 2.28 bits per heavy atom. The molecule has 0 spiro atoms. The fraction of sp³-hybridized carbons (Fsp3) is 0.462. The van der Waals surface area contributed by atoms with Crippen molar-refractivity contribution in [3.63, 3.8) is 0 Å². The van der Waals surface area contributed by atoms with Crippen molar-refractivity contribution in [2.45, 2.75) is 32.6 Å². The first-order chi connectivity index (χ1) is 8.58. The average molecular weight is 271 g/mol. The molecule has 0 aliphatic heterocycles. The Bertz CT molecular complexity index is 383. The highest BCUT2D eigenvalue weighted by Crippen LogP contribution is 2.11. The molecule has 1 rings (SSSR count). The van der Waals surface area contributed by atoms with Gasteiger partial charge >= 0.3 is 0 Å². The van der Waals surface area contributed by atoms with Crippen LogP contribution in [0.15, 0.2) is 29.4 Å². The highest BCUT2D eigenvalue weighted by Gasteiger charge is 2.01. The summed E-state index contributed by atoms with van der Waals surface area (Å²) in [7, 11) is 0. The van der Waals surface area contributed by atoms with Crippen LogP contribution in [0.2, 0.25) is 5.02 Å². The van der Waals surface area contributed by atoms with E-state index < -0.39 is 6.10 Å². The number of nitrogens with one attached hydrogen (secondary N) is 1. The van der Waals surface area contributed by atoms with Gasteiger partial charge in [0, 0.05) is 17.6 Å². The SMILES string of the molecule is CC(C)NCC(O)/C=N/OCc1cccc(Cl)c1. The molecule has 0 fully saturated rings.